The van der Waals surface area contributed by atoms with Gasteiger partial charge in [-0.05, 0) is 31.4 Å². The number of nitrogens with zero attached hydrogens (tertiary/aromatic N) is 1. The SMILES string of the molecule is N#CC1CCCC1Nc1ccc2c(c1)OC(F)(F)O2. The van der Waals surface area contributed by atoms with Crippen LogP contribution in [-0.2, 0) is 0 Å². The van der Waals surface area contributed by atoms with Crippen LogP contribution in [0, 0.1) is 17.2 Å². The molecule has 1 N–H and O–H groups in total. The molecule has 6 heteroatoms. The van der Waals surface area contributed by atoms with Crippen molar-refractivity contribution in [2.24, 2.45) is 5.92 Å². The van der Waals surface area contributed by atoms with Crippen molar-refractivity contribution in [2.45, 2.75) is 31.6 Å². The van der Waals surface area contributed by atoms with Gasteiger partial charge in [-0.1, -0.05) is 0 Å². The Morgan fingerprint density at radius 1 is 1.26 bits per heavy atom. The molecule has 1 aliphatic heterocycles. The van der Waals surface area contributed by atoms with E-state index in [2.05, 4.69) is 20.9 Å². The van der Waals surface area contributed by atoms with Gasteiger partial charge in [-0.3, -0.25) is 0 Å². The lowest BCUT2D eigenvalue weighted by Gasteiger charge is -2.17. The lowest BCUT2D eigenvalue weighted by Crippen LogP contribution is -2.26. The molecule has 1 fully saturated rings. The molecular formula is C13H12F2N2O2. The Morgan fingerprint density at radius 3 is 2.84 bits per heavy atom. The molecule has 0 bridgehead atoms. The average molecular weight is 266 g/mol. The highest BCUT2D eigenvalue weighted by molar-refractivity contribution is 5.56. The van der Waals surface area contributed by atoms with E-state index in [1.807, 2.05) is 0 Å². The third-order valence-corrected chi connectivity index (χ3v) is 3.44. The van der Waals surface area contributed by atoms with E-state index in [9.17, 15) is 8.78 Å². The maximum absolute atomic E-state index is 12.9. The molecule has 1 saturated carbocycles. The third-order valence-electron chi connectivity index (χ3n) is 3.44. The summed E-state index contributed by atoms with van der Waals surface area (Å²) in [4.78, 5) is 0. The Morgan fingerprint density at radius 2 is 2.05 bits per heavy atom. The number of benzene rings is 1. The lowest BCUT2D eigenvalue weighted by atomic mass is 10.1. The van der Waals surface area contributed by atoms with Crippen molar-refractivity contribution in [3.8, 4) is 17.6 Å². The molecule has 0 saturated heterocycles. The number of halogens is 2. The normalized spacial score (nSPS) is 27.0. The zero-order chi connectivity index (χ0) is 13.5. The largest absolute Gasteiger partial charge is 0.586 e. The maximum atomic E-state index is 12.9. The highest BCUT2D eigenvalue weighted by Crippen LogP contribution is 2.42. The van der Waals surface area contributed by atoms with Crippen LogP contribution in [0.4, 0.5) is 14.5 Å². The number of anilines is 1. The van der Waals surface area contributed by atoms with Crippen molar-refractivity contribution in [3.63, 3.8) is 0 Å². The summed E-state index contributed by atoms with van der Waals surface area (Å²) >= 11 is 0. The van der Waals surface area contributed by atoms with Crippen molar-refractivity contribution < 1.29 is 18.3 Å². The van der Waals surface area contributed by atoms with Crippen LogP contribution < -0.4 is 14.8 Å². The van der Waals surface area contributed by atoms with E-state index in [4.69, 9.17) is 5.26 Å². The average Bonchev–Trinajstić information content (AvgIpc) is 2.90. The Kier molecular flexibility index (Phi) is 2.70. The summed E-state index contributed by atoms with van der Waals surface area (Å²) in [5, 5.41) is 12.2. The Hall–Kier alpha value is -2.03. The van der Waals surface area contributed by atoms with Crippen LogP contribution in [-0.4, -0.2) is 12.3 Å². The number of nitrogens with one attached hydrogen (secondary N) is 1. The number of hydrogen-bond acceptors (Lipinski definition) is 4. The van der Waals surface area contributed by atoms with E-state index in [-0.39, 0.29) is 23.5 Å². The van der Waals surface area contributed by atoms with Crippen LogP contribution in [0.1, 0.15) is 19.3 Å². The maximum Gasteiger partial charge on any atom is 0.586 e. The quantitative estimate of drug-likeness (QED) is 0.893. The van der Waals surface area contributed by atoms with Gasteiger partial charge < -0.3 is 14.8 Å². The van der Waals surface area contributed by atoms with Gasteiger partial charge in [-0.25, -0.2) is 0 Å². The molecule has 100 valence electrons. The number of rotatable bonds is 2. The summed E-state index contributed by atoms with van der Waals surface area (Å²) in [7, 11) is 0. The molecule has 1 aromatic rings. The van der Waals surface area contributed by atoms with E-state index < -0.39 is 6.29 Å². The van der Waals surface area contributed by atoms with Crippen molar-refractivity contribution in [1.82, 2.24) is 0 Å². The summed E-state index contributed by atoms with van der Waals surface area (Å²) in [5.74, 6) is 0.00664. The van der Waals surface area contributed by atoms with E-state index in [0.29, 0.717) is 5.69 Å². The van der Waals surface area contributed by atoms with Gasteiger partial charge in [0.1, 0.15) is 0 Å². The first-order chi connectivity index (χ1) is 9.07. The number of hydrogen-bond donors (Lipinski definition) is 1. The molecule has 0 aromatic heterocycles. The summed E-state index contributed by atoms with van der Waals surface area (Å²) in [6.07, 6.45) is -0.818. The minimum absolute atomic E-state index is 0.0153. The lowest BCUT2D eigenvalue weighted by molar-refractivity contribution is -0.286. The molecule has 4 nitrogen and oxygen atoms in total. The predicted octanol–water partition coefficient (Wildman–Crippen LogP) is 3.11. The zero-order valence-corrected chi connectivity index (χ0v) is 10.0. The standard InChI is InChI=1S/C13H12F2N2O2/c14-13(15)18-11-5-4-9(6-12(11)19-13)17-10-3-1-2-8(10)7-16/h4-6,8,10,17H,1-3H2. The summed E-state index contributed by atoms with van der Waals surface area (Å²) in [6, 6.07) is 6.89. The fourth-order valence-electron chi connectivity index (χ4n) is 2.54. The first-order valence-electron chi connectivity index (χ1n) is 6.13. The number of nitriles is 1. The molecule has 0 spiro atoms. The fourth-order valence-corrected chi connectivity index (χ4v) is 2.54. The van der Waals surface area contributed by atoms with E-state index in [0.717, 1.165) is 19.3 Å². The fraction of sp³-hybridized carbons (Fsp3) is 0.462. The van der Waals surface area contributed by atoms with Crippen molar-refractivity contribution in [3.05, 3.63) is 18.2 Å². The summed E-state index contributed by atoms with van der Waals surface area (Å²) in [6.45, 7) is 0. The number of alkyl halides is 2. The minimum Gasteiger partial charge on any atom is -0.395 e. The van der Waals surface area contributed by atoms with Crippen LogP contribution in [0.5, 0.6) is 11.5 Å². The molecule has 1 aromatic carbocycles. The van der Waals surface area contributed by atoms with Crippen LogP contribution in [0.2, 0.25) is 0 Å². The molecule has 1 heterocycles. The smallest absolute Gasteiger partial charge is 0.395 e. The van der Waals surface area contributed by atoms with Gasteiger partial charge in [-0.2, -0.15) is 5.26 Å². The van der Waals surface area contributed by atoms with E-state index in [1.54, 1.807) is 6.07 Å². The zero-order valence-electron chi connectivity index (χ0n) is 10.0. The minimum atomic E-state index is -3.59. The Labute approximate surface area is 108 Å². The highest BCUT2D eigenvalue weighted by Gasteiger charge is 2.43. The van der Waals surface area contributed by atoms with Gasteiger partial charge in [0.25, 0.3) is 0 Å². The van der Waals surface area contributed by atoms with Crippen molar-refractivity contribution in [2.75, 3.05) is 5.32 Å². The van der Waals surface area contributed by atoms with Gasteiger partial charge >= 0.3 is 6.29 Å². The second kappa shape index (κ2) is 4.26. The molecule has 0 amide bonds. The van der Waals surface area contributed by atoms with Crippen LogP contribution in [0.25, 0.3) is 0 Å². The van der Waals surface area contributed by atoms with Crippen LogP contribution >= 0.6 is 0 Å². The third kappa shape index (κ3) is 2.28. The second-order valence-corrected chi connectivity index (χ2v) is 4.75. The molecule has 2 aliphatic rings. The molecule has 1 aliphatic carbocycles. The number of ether oxygens (including phenoxy) is 2. The Bertz CT molecular complexity index is 542. The summed E-state index contributed by atoms with van der Waals surface area (Å²) in [5.41, 5.74) is 0.659. The molecule has 19 heavy (non-hydrogen) atoms. The van der Waals surface area contributed by atoms with Gasteiger partial charge in [0.15, 0.2) is 11.5 Å². The summed E-state index contributed by atoms with van der Waals surface area (Å²) < 4.78 is 34.5. The monoisotopic (exact) mass is 266 g/mol. The van der Waals surface area contributed by atoms with E-state index >= 15 is 0 Å². The van der Waals surface area contributed by atoms with Gasteiger partial charge in [0.2, 0.25) is 0 Å². The first kappa shape index (κ1) is 12.0. The van der Waals surface area contributed by atoms with Crippen molar-refractivity contribution in [1.29, 1.82) is 5.26 Å². The van der Waals surface area contributed by atoms with Gasteiger partial charge in [0.05, 0.1) is 12.0 Å². The van der Waals surface area contributed by atoms with Crippen LogP contribution in [0.15, 0.2) is 18.2 Å². The molecular weight excluding hydrogens is 254 g/mol. The molecule has 3 rings (SSSR count). The van der Waals surface area contributed by atoms with Crippen molar-refractivity contribution >= 4 is 5.69 Å². The van der Waals surface area contributed by atoms with Gasteiger partial charge in [0, 0.05) is 17.8 Å². The van der Waals surface area contributed by atoms with Crippen LogP contribution in [0.3, 0.4) is 0 Å². The molecule has 0 radical (unpaired) electrons. The molecule has 2 atom stereocenters. The van der Waals surface area contributed by atoms with Gasteiger partial charge in [-0.15, -0.1) is 8.78 Å². The van der Waals surface area contributed by atoms with E-state index in [1.165, 1.54) is 12.1 Å². The molecule has 2 unspecified atom stereocenters. The second-order valence-electron chi connectivity index (χ2n) is 4.75. The highest BCUT2D eigenvalue weighted by atomic mass is 19.3. The predicted molar refractivity (Wildman–Crippen MR) is 63.0 cm³/mol. The first-order valence-corrected chi connectivity index (χ1v) is 6.13. The topological polar surface area (TPSA) is 54.3 Å². The number of fused-ring (bicyclic) bond motifs is 1. The Balaban J connectivity index is 1.76.